The number of carboxylic acids is 1. The maximum atomic E-state index is 11.2. The zero-order valence-electron chi connectivity index (χ0n) is 11.5. The lowest BCUT2D eigenvalue weighted by atomic mass is 10.0. The first kappa shape index (κ1) is 15.7. The van der Waals surface area contributed by atoms with Gasteiger partial charge in [-0.05, 0) is 18.9 Å². The van der Waals surface area contributed by atoms with Gasteiger partial charge in [0.1, 0.15) is 6.04 Å². The molecule has 0 heterocycles. The van der Waals surface area contributed by atoms with Crippen LogP contribution in [0.15, 0.2) is 30.3 Å². The van der Waals surface area contributed by atoms with E-state index in [1.165, 1.54) is 0 Å². The SMILES string of the molecule is CCCCC(NC(C)C(O)c1ccccc1)C(=O)O. The first-order valence-corrected chi connectivity index (χ1v) is 6.78. The summed E-state index contributed by atoms with van der Waals surface area (Å²) >= 11 is 0. The third-order valence-corrected chi connectivity index (χ3v) is 3.22. The zero-order chi connectivity index (χ0) is 14.3. The molecule has 0 aliphatic heterocycles. The molecule has 0 spiro atoms. The van der Waals surface area contributed by atoms with Crippen molar-refractivity contribution in [3.63, 3.8) is 0 Å². The molecule has 19 heavy (non-hydrogen) atoms. The molecule has 0 bridgehead atoms. The van der Waals surface area contributed by atoms with E-state index in [-0.39, 0.29) is 6.04 Å². The number of carbonyl (C=O) groups is 1. The molecule has 1 aromatic rings. The van der Waals surface area contributed by atoms with Crippen LogP contribution >= 0.6 is 0 Å². The van der Waals surface area contributed by atoms with Gasteiger partial charge in [-0.25, -0.2) is 0 Å². The summed E-state index contributed by atoms with van der Waals surface area (Å²) in [6.45, 7) is 3.83. The topological polar surface area (TPSA) is 69.6 Å². The Bertz CT molecular complexity index is 380. The Morgan fingerprint density at radius 2 is 1.95 bits per heavy atom. The number of hydrogen-bond acceptors (Lipinski definition) is 3. The van der Waals surface area contributed by atoms with Crippen molar-refractivity contribution in [3.8, 4) is 0 Å². The van der Waals surface area contributed by atoms with Gasteiger partial charge in [-0.2, -0.15) is 0 Å². The van der Waals surface area contributed by atoms with Gasteiger partial charge >= 0.3 is 5.97 Å². The standard InChI is InChI=1S/C15H23NO3/c1-3-4-10-13(15(18)19)16-11(2)14(17)12-8-6-5-7-9-12/h5-9,11,13-14,16-17H,3-4,10H2,1-2H3,(H,18,19). The molecule has 0 aliphatic rings. The van der Waals surface area contributed by atoms with Crippen molar-refractivity contribution in [2.45, 2.75) is 51.3 Å². The third-order valence-electron chi connectivity index (χ3n) is 3.22. The summed E-state index contributed by atoms with van der Waals surface area (Å²) in [5.41, 5.74) is 0.794. The Labute approximate surface area is 114 Å². The maximum Gasteiger partial charge on any atom is 0.320 e. The van der Waals surface area contributed by atoms with E-state index in [4.69, 9.17) is 5.11 Å². The highest BCUT2D eigenvalue weighted by Gasteiger charge is 2.23. The summed E-state index contributed by atoms with van der Waals surface area (Å²) in [4.78, 5) is 11.2. The molecule has 0 aliphatic carbocycles. The Hall–Kier alpha value is -1.39. The highest BCUT2D eigenvalue weighted by atomic mass is 16.4. The van der Waals surface area contributed by atoms with E-state index in [1.807, 2.05) is 37.3 Å². The number of rotatable bonds is 8. The summed E-state index contributed by atoms with van der Waals surface area (Å²) in [7, 11) is 0. The largest absolute Gasteiger partial charge is 0.480 e. The molecule has 106 valence electrons. The monoisotopic (exact) mass is 265 g/mol. The predicted molar refractivity (Wildman–Crippen MR) is 74.9 cm³/mol. The lowest BCUT2D eigenvalue weighted by Crippen LogP contribution is -2.44. The molecule has 4 heteroatoms. The van der Waals surface area contributed by atoms with Gasteiger partial charge in [0, 0.05) is 6.04 Å². The zero-order valence-corrected chi connectivity index (χ0v) is 11.5. The summed E-state index contributed by atoms with van der Waals surface area (Å²) < 4.78 is 0. The first-order valence-electron chi connectivity index (χ1n) is 6.78. The molecule has 0 amide bonds. The van der Waals surface area contributed by atoms with Crippen LogP contribution in [0.5, 0.6) is 0 Å². The second kappa shape index (κ2) is 7.92. The number of hydrogen-bond donors (Lipinski definition) is 3. The van der Waals surface area contributed by atoms with E-state index in [1.54, 1.807) is 6.92 Å². The van der Waals surface area contributed by atoms with Crippen molar-refractivity contribution >= 4 is 5.97 Å². The van der Waals surface area contributed by atoms with Crippen LogP contribution in [0.3, 0.4) is 0 Å². The van der Waals surface area contributed by atoms with Crippen molar-refractivity contribution in [2.24, 2.45) is 0 Å². The average Bonchev–Trinajstić information content (AvgIpc) is 2.43. The molecule has 0 saturated heterocycles. The fourth-order valence-corrected chi connectivity index (χ4v) is 2.03. The van der Waals surface area contributed by atoms with E-state index in [0.717, 1.165) is 18.4 Å². The van der Waals surface area contributed by atoms with Gasteiger partial charge in [0.2, 0.25) is 0 Å². The van der Waals surface area contributed by atoms with Gasteiger partial charge in [0.15, 0.2) is 0 Å². The smallest absolute Gasteiger partial charge is 0.320 e. The van der Waals surface area contributed by atoms with E-state index in [2.05, 4.69) is 5.32 Å². The van der Waals surface area contributed by atoms with Crippen LogP contribution in [0.25, 0.3) is 0 Å². The van der Waals surface area contributed by atoms with Gasteiger partial charge in [0.25, 0.3) is 0 Å². The van der Waals surface area contributed by atoms with Crippen LogP contribution in [0.2, 0.25) is 0 Å². The van der Waals surface area contributed by atoms with Crippen LogP contribution in [0.4, 0.5) is 0 Å². The molecule has 1 rings (SSSR count). The number of aliphatic carboxylic acids is 1. The van der Waals surface area contributed by atoms with E-state index >= 15 is 0 Å². The Kier molecular flexibility index (Phi) is 6.53. The fourth-order valence-electron chi connectivity index (χ4n) is 2.03. The third kappa shape index (κ3) is 5.01. The number of nitrogens with one attached hydrogen (secondary N) is 1. The minimum absolute atomic E-state index is 0.305. The minimum Gasteiger partial charge on any atom is -0.480 e. The number of aliphatic hydroxyl groups excluding tert-OH is 1. The molecule has 3 atom stereocenters. The summed E-state index contributed by atoms with van der Waals surface area (Å²) in [6, 6.07) is 8.37. The highest BCUT2D eigenvalue weighted by molar-refractivity contribution is 5.73. The molecule has 1 aromatic carbocycles. The average molecular weight is 265 g/mol. The normalized spacial score (nSPS) is 15.7. The van der Waals surface area contributed by atoms with Crippen LogP contribution in [0, 0.1) is 0 Å². The molecule has 0 aromatic heterocycles. The number of carboxylic acid groups (broad SMARTS) is 1. The van der Waals surface area contributed by atoms with Crippen molar-refractivity contribution in [2.75, 3.05) is 0 Å². The molecule has 3 N–H and O–H groups in total. The quantitative estimate of drug-likeness (QED) is 0.675. The van der Waals surface area contributed by atoms with Gasteiger partial charge in [-0.1, -0.05) is 50.1 Å². The van der Waals surface area contributed by atoms with Crippen molar-refractivity contribution < 1.29 is 15.0 Å². The Balaban J connectivity index is 2.61. The molecule has 0 saturated carbocycles. The van der Waals surface area contributed by atoms with Gasteiger partial charge in [-0.15, -0.1) is 0 Å². The lowest BCUT2D eigenvalue weighted by Gasteiger charge is -2.24. The summed E-state index contributed by atoms with van der Waals surface area (Å²) in [5, 5.41) is 22.3. The van der Waals surface area contributed by atoms with Crippen LogP contribution in [0.1, 0.15) is 44.8 Å². The molecular weight excluding hydrogens is 242 g/mol. The second-order valence-corrected chi connectivity index (χ2v) is 4.84. The van der Waals surface area contributed by atoms with Crippen molar-refractivity contribution in [1.29, 1.82) is 0 Å². The maximum absolute atomic E-state index is 11.2. The fraction of sp³-hybridized carbons (Fsp3) is 0.533. The first-order chi connectivity index (χ1) is 9.06. The molecule has 0 fully saturated rings. The molecule has 4 nitrogen and oxygen atoms in total. The summed E-state index contributed by atoms with van der Waals surface area (Å²) in [5.74, 6) is -0.861. The van der Waals surface area contributed by atoms with Crippen molar-refractivity contribution in [1.82, 2.24) is 5.32 Å². The molecule has 0 radical (unpaired) electrons. The van der Waals surface area contributed by atoms with Crippen LogP contribution < -0.4 is 5.32 Å². The Morgan fingerprint density at radius 3 is 2.47 bits per heavy atom. The van der Waals surface area contributed by atoms with E-state index in [9.17, 15) is 9.90 Å². The second-order valence-electron chi connectivity index (χ2n) is 4.84. The number of unbranched alkanes of at least 4 members (excludes halogenated alkanes) is 1. The van der Waals surface area contributed by atoms with Crippen LogP contribution in [-0.2, 0) is 4.79 Å². The summed E-state index contributed by atoms with van der Waals surface area (Å²) in [6.07, 6.45) is 1.70. The number of aliphatic hydroxyl groups is 1. The molecular formula is C15H23NO3. The van der Waals surface area contributed by atoms with Gasteiger partial charge in [0.05, 0.1) is 6.10 Å². The van der Waals surface area contributed by atoms with Gasteiger partial charge in [-0.3, -0.25) is 10.1 Å². The highest BCUT2D eigenvalue weighted by Crippen LogP contribution is 2.17. The van der Waals surface area contributed by atoms with Crippen molar-refractivity contribution in [3.05, 3.63) is 35.9 Å². The predicted octanol–water partition coefficient (Wildman–Crippen LogP) is 2.34. The molecule has 3 unspecified atom stereocenters. The minimum atomic E-state index is -0.861. The number of benzene rings is 1. The lowest BCUT2D eigenvalue weighted by molar-refractivity contribution is -0.140. The Morgan fingerprint density at radius 1 is 1.32 bits per heavy atom. The van der Waals surface area contributed by atoms with E-state index < -0.39 is 18.1 Å². The van der Waals surface area contributed by atoms with Crippen LogP contribution in [-0.4, -0.2) is 28.3 Å². The van der Waals surface area contributed by atoms with E-state index in [0.29, 0.717) is 6.42 Å². The van der Waals surface area contributed by atoms with Gasteiger partial charge < -0.3 is 10.2 Å².